The van der Waals surface area contributed by atoms with Crippen molar-refractivity contribution < 1.29 is 14.5 Å². The van der Waals surface area contributed by atoms with E-state index in [0.717, 1.165) is 17.0 Å². The average Bonchev–Trinajstić information content (AvgIpc) is 3.08. The molecule has 26 heavy (non-hydrogen) atoms. The number of rotatable bonds is 6. The van der Waals surface area contributed by atoms with Gasteiger partial charge >= 0.3 is 5.97 Å². The Morgan fingerprint density at radius 1 is 1.19 bits per heavy atom. The molecular weight excluding hydrogens is 334 g/mol. The molecule has 0 aliphatic carbocycles. The van der Waals surface area contributed by atoms with E-state index >= 15 is 0 Å². The molecule has 3 rings (SSSR count). The van der Waals surface area contributed by atoms with Crippen molar-refractivity contribution in [1.29, 1.82) is 0 Å². The highest BCUT2D eigenvalue weighted by Crippen LogP contribution is 2.17. The molecule has 0 atom stereocenters. The zero-order chi connectivity index (χ0) is 18.5. The molecule has 132 valence electrons. The smallest absolute Gasteiger partial charge is 0.337 e. The monoisotopic (exact) mass is 351 g/mol. The van der Waals surface area contributed by atoms with Crippen LogP contribution in [-0.4, -0.2) is 27.6 Å². The number of ether oxygens (including phenoxy) is 1. The molecule has 0 fully saturated rings. The molecule has 0 unspecified atom stereocenters. The van der Waals surface area contributed by atoms with Crippen molar-refractivity contribution in [3.05, 3.63) is 93.6 Å². The molecule has 2 aromatic carbocycles. The summed E-state index contributed by atoms with van der Waals surface area (Å²) in [6.45, 7) is 0.589. The lowest BCUT2D eigenvalue weighted by Crippen LogP contribution is -2.06. The molecular formula is C19H17N3O4. The van der Waals surface area contributed by atoms with Gasteiger partial charge in [0, 0.05) is 37.5 Å². The Morgan fingerprint density at radius 3 is 2.65 bits per heavy atom. The number of imidazole rings is 1. The van der Waals surface area contributed by atoms with Crippen LogP contribution in [-0.2, 0) is 17.7 Å². The van der Waals surface area contributed by atoms with Gasteiger partial charge in [0.05, 0.1) is 17.6 Å². The van der Waals surface area contributed by atoms with Crippen LogP contribution in [0.25, 0.3) is 0 Å². The first kappa shape index (κ1) is 17.3. The lowest BCUT2D eigenvalue weighted by molar-refractivity contribution is -0.384. The predicted octanol–water partition coefficient (Wildman–Crippen LogP) is 3.22. The first-order valence-corrected chi connectivity index (χ1v) is 7.97. The van der Waals surface area contributed by atoms with Crippen LogP contribution in [0.2, 0.25) is 0 Å². The maximum absolute atomic E-state index is 11.5. The molecule has 0 aliphatic heterocycles. The molecule has 0 radical (unpaired) electrons. The lowest BCUT2D eigenvalue weighted by atomic mass is 10.1. The number of benzene rings is 2. The standard InChI is InChI=1S/C19H17N3O4/c1-26-19(23)16-7-5-14(6-8-16)13-21-10-9-20-18(21)12-15-3-2-4-17(11-15)22(24)25/h2-11H,12-13H2,1H3. The van der Waals surface area contributed by atoms with E-state index in [1.54, 1.807) is 30.5 Å². The fourth-order valence-corrected chi connectivity index (χ4v) is 2.67. The SMILES string of the molecule is COC(=O)c1ccc(Cn2ccnc2Cc2cccc([N+](=O)[O-])c2)cc1. The van der Waals surface area contributed by atoms with Gasteiger partial charge in [-0.1, -0.05) is 24.3 Å². The predicted molar refractivity (Wildman–Crippen MR) is 95.0 cm³/mol. The summed E-state index contributed by atoms with van der Waals surface area (Å²) in [5.74, 6) is 0.438. The molecule has 0 spiro atoms. The Balaban J connectivity index is 1.75. The van der Waals surface area contributed by atoms with Crippen molar-refractivity contribution in [3.8, 4) is 0 Å². The summed E-state index contributed by atoms with van der Waals surface area (Å²) < 4.78 is 6.67. The molecule has 1 aromatic heterocycles. The van der Waals surface area contributed by atoms with Gasteiger partial charge in [0.15, 0.2) is 0 Å². The number of hydrogen-bond donors (Lipinski definition) is 0. The third kappa shape index (κ3) is 3.94. The number of esters is 1. The number of hydrogen-bond acceptors (Lipinski definition) is 5. The Bertz CT molecular complexity index is 932. The van der Waals surface area contributed by atoms with Crippen molar-refractivity contribution in [2.45, 2.75) is 13.0 Å². The lowest BCUT2D eigenvalue weighted by Gasteiger charge is -2.09. The van der Waals surface area contributed by atoms with Crippen LogP contribution in [0.4, 0.5) is 5.69 Å². The number of carbonyl (C=O) groups is 1. The third-order valence-corrected chi connectivity index (χ3v) is 4.01. The van der Waals surface area contributed by atoms with Gasteiger partial charge in [-0.25, -0.2) is 9.78 Å². The molecule has 0 bridgehead atoms. The van der Waals surface area contributed by atoms with Crippen molar-refractivity contribution in [2.75, 3.05) is 7.11 Å². The first-order chi connectivity index (χ1) is 12.6. The second-order valence-electron chi connectivity index (χ2n) is 5.76. The fraction of sp³-hybridized carbons (Fsp3) is 0.158. The number of carbonyl (C=O) groups excluding carboxylic acids is 1. The van der Waals surface area contributed by atoms with Gasteiger partial charge in [0.1, 0.15) is 5.82 Å². The van der Waals surface area contributed by atoms with Gasteiger partial charge in [0.25, 0.3) is 5.69 Å². The summed E-state index contributed by atoms with van der Waals surface area (Å²) in [5, 5.41) is 10.9. The van der Waals surface area contributed by atoms with E-state index in [-0.39, 0.29) is 11.7 Å². The number of nitro groups is 1. The average molecular weight is 351 g/mol. The molecule has 0 N–H and O–H groups in total. The van der Waals surface area contributed by atoms with E-state index in [0.29, 0.717) is 18.5 Å². The van der Waals surface area contributed by atoms with Crippen LogP contribution in [0.3, 0.4) is 0 Å². The van der Waals surface area contributed by atoms with E-state index in [1.165, 1.54) is 13.2 Å². The number of aromatic nitrogens is 2. The Labute approximate surface area is 150 Å². The van der Waals surface area contributed by atoms with E-state index < -0.39 is 4.92 Å². The highest BCUT2D eigenvalue weighted by Gasteiger charge is 2.10. The Morgan fingerprint density at radius 2 is 1.96 bits per heavy atom. The zero-order valence-electron chi connectivity index (χ0n) is 14.2. The summed E-state index contributed by atoms with van der Waals surface area (Å²) in [5.41, 5.74) is 2.40. The highest BCUT2D eigenvalue weighted by atomic mass is 16.6. The van der Waals surface area contributed by atoms with E-state index in [2.05, 4.69) is 4.98 Å². The molecule has 0 aliphatic rings. The maximum atomic E-state index is 11.5. The third-order valence-electron chi connectivity index (χ3n) is 4.01. The number of methoxy groups -OCH3 is 1. The molecule has 1 heterocycles. The van der Waals surface area contributed by atoms with Gasteiger partial charge in [-0.05, 0) is 23.3 Å². The van der Waals surface area contributed by atoms with Crippen LogP contribution < -0.4 is 0 Å². The van der Waals surface area contributed by atoms with Crippen molar-refractivity contribution in [3.63, 3.8) is 0 Å². The van der Waals surface area contributed by atoms with Gasteiger partial charge in [-0.3, -0.25) is 10.1 Å². The number of nitro benzene ring substituents is 1. The quantitative estimate of drug-likeness (QED) is 0.386. The van der Waals surface area contributed by atoms with Crippen LogP contribution >= 0.6 is 0 Å². The minimum absolute atomic E-state index is 0.0685. The van der Waals surface area contributed by atoms with Crippen molar-refractivity contribution >= 4 is 11.7 Å². The summed E-state index contributed by atoms with van der Waals surface area (Å²) in [4.78, 5) is 26.4. The minimum Gasteiger partial charge on any atom is -0.465 e. The molecule has 0 saturated heterocycles. The topological polar surface area (TPSA) is 87.3 Å². The van der Waals surface area contributed by atoms with Gasteiger partial charge in [-0.2, -0.15) is 0 Å². The Hall–Kier alpha value is -3.48. The van der Waals surface area contributed by atoms with Crippen molar-refractivity contribution in [1.82, 2.24) is 9.55 Å². The van der Waals surface area contributed by atoms with Crippen molar-refractivity contribution in [2.24, 2.45) is 0 Å². The summed E-state index contributed by atoms with van der Waals surface area (Å²) >= 11 is 0. The normalized spacial score (nSPS) is 10.5. The molecule has 7 nitrogen and oxygen atoms in total. The van der Waals surface area contributed by atoms with Crippen LogP contribution in [0.15, 0.2) is 60.9 Å². The molecule has 0 amide bonds. The molecule has 7 heteroatoms. The zero-order valence-corrected chi connectivity index (χ0v) is 14.2. The molecule has 3 aromatic rings. The first-order valence-electron chi connectivity index (χ1n) is 7.97. The Kier molecular flexibility index (Phi) is 5.07. The largest absolute Gasteiger partial charge is 0.465 e. The van der Waals surface area contributed by atoms with Gasteiger partial charge in [0.2, 0.25) is 0 Å². The number of nitrogens with zero attached hydrogens (tertiary/aromatic N) is 3. The minimum atomic E-state index is -0.404. The van der Waals surface area contributed by atoms with E-state index in [4.69, 9.17) is 4.74 Å². The van der Waals surface area contributed by atoms with E-state index in [1.807, 2.05) is 29.0 Å². The summed E-state index contributed by atoms with van der Waals surface area (Å²) in [6, 6.07) is 13.7. The van der Waals surface area contributed by atoms with E-state index in [9.17, 15) is 14.9 Å². The van der Waals surface area contributed by atoms with Crippen LogP contribution in [0, 0.1) is 10.1 Å². The second-order valence-corrected chi connectivity index (χ2v) is 5.76. The molecule has 0 saturated carbocycles. The van der Waals surface area contributed by atoms with Gasteiger partial charge in [-0.15, -0.1) is 0 Å². The maximum Gasteiger partial charge on any atom is 0.337 e. The number of non-ortho nitro benzene ring substituents is 1. The second kappa shape index (κ2) is 7.60. The fourth-order valence-electron chi connectivity index (χ4n) is 2.67. The van der Waals surface area contributed by atoms with Gasteiger partial charge < -0.3 is 9.30 Å². The summed E-state index contributed by atoms with van der Waals surface area (Å²) in [7, 11) is 1.35. The summed E-state index contributed by atoms with van der Waals surface area (Å²) in [6.07, 6.45) is 4.06. The van der Waals surface area contributed by atoms with Crippen LogP contribution in [0.1, 0.15) is 27.3 Å². The highest BCUT2D eigenvalue weighted by molar-refractivity contribution is 5.89. The van der Waals surface area contributed by atoms with Crippen LogP contribution in [0.5, 0.6) is 0 Å².